The molecule has 2 aromatic rings. The highest BCUT2D eigenvalue weighted by Gasteiger charge is 2.35. The van der Waals surface area contributed by atoms with Gasteiger partial charge in [-0.25, -0.2) is 13.1 Å². The first-order valence-electron chi connectivity index (χ1n) is 8.11. The number of sulfonamides is 1. The van der Waals surface area contributed by atoms with Gasteiger partial charge >= 0.3 is 0 Å². The van der Waals surface area contributed by atoms with Gasteiger partial charge in [-0.15, -0.1) is 0 Å². The molecule has 2 rings (SSSR count). The van der Waals surface area contributed by atoms with Gasteiger partial charge in [-0.3, -0.25) is 0 Å². The zero-order chi connectivity index (χ0) is 17.8. The van der Waals surface area contributed by atoms with Gasteiger partial charge in [-0.1, -0.05) is 55.5 Å². The van der Waals surface area contributed by atoms with E-state index in [9.17, 15) is 8.42 Å². The topological polar surface area (TPSA) is 66.4 Å². The van der Waals surface area contributed by atoms with Gasteiger partial charge in [-0.2, -0.15) is 0 Å². The molecule has 5 heteroatoms. The van der Waals surface area contributed by atoms with Crippen LogP contribution in [0.4, 0.5) is 0 Å². The average Bonchev–Trinajstić information content (AvgIpc) is 2.60. The molecule has 0 spiro atoms. The van der Waals surface area contributed by atoms with E-state index in [1.807, 2.05) is 55.5 Å². The molecule has 4 nitrogen and oxygen atoms in total. The lowest BCUT2D eigenvalue weighted by Crippen LogP contribution is -2.39. The van der Waals surface area contributed by atoms with Crippen molar-refractivity contribution in [1.82, 2.24) is 4.72 Å². The highest BCUT2D eigenvalue weighted by atomic mass is 32.2. The van der Waals surface area contributed by atoms with Crippen LogP contribution in [-0.2, 0) is 21.4 Å². The summed E-state index contributed by atoms with van der Waals surface area (Å²) < 4.78 is 26.7. The van der Waals surface area contributed by atoms with E-state index in [1.54, 1.807) is 13.8 Å². The fraction of sp³-hybridized carbons (Fsp3) is 0.368. The van der Waals surface area contributed by atoms with Gasteiger partial charge in [0.05, 0.1) is 6.61 Å². The molecule has 0 fully saturated rings. The molecule has 0 atom stereocenters. The SMILES string of the molecule is CCCNS(=O)(=O)C(C)(C)c1ccc(-c2ccc(CO)cc2)cc1. The summed E-state index contributed by atoms with van der Waals surface area (Å²) in [6.07, 6.45) is 0.762. The third-order valence-electron chi connectivity index (χ3n) is 4.26. The van der Waals surface area contributed by atoms with E-state index < -0.39 is 14.8 Å². The Morgan fingerprint density at radius 3 is 1.92 bits per heavy atom. The summed E-state index contributed by atoms with van der Waals surface area (Å²) in [4.78, 5) is 0. The van der Waals surface area contributed by atoms with E-state index in [4.69, 9.17) is 5.11 Å². The lowest BCUT2D eigenvalue weighted by Gasteiger charge is -2.26. The van der Waals surface area contributed by atoms with Crippen molar-refractivity contribution in [2.45, 2.75) is 38.5 Å². The maximum atomic E-state index is 12.5. The van der Waals surface area contributed by atoms with Crippen LogP contribution in [0.1, 0.15) is 38.3 Å². The van der Waals surface area contributed by atoms with Crippen LogP contribution in [0.2, 0.25) is 0 Å². The second-order valence-corrected chi connectivity index (χ2v) is 8.66. The minimum atomic E-state index is -3.44. The quantitative estimate of drug-likeness (QED) is 0.806. The maximum Gasteiger partial charge on any atom is 0.221 e. The fourth-order valence-electron chi connectivity index (χ4n) is 2.44. The summed E-state index contributed by atoms with van der Waals surface area (Å²) in [5.74, 6) is 0. The molecule has 0 heterocycles. The highest BCUT2D eigenvalue weighted by Crippen LogP contribution is 2.30. The van der Waals surface area contributed by atoms with Crippen LogP contribution in [0.25, 0.3) is 11.1 Å². The number of rotatable bonds is 7. The molecule has 0 saturated carbocycles. The molecular formula is C19H25NO3S. The van der Waals surface area contributed by atoms with Crippen molar-refractivity contribution in [3.05, 3.63) is 59.7 Å². The first kappa shape index (κ1) is 18.6. The predicted molar refractivity (Wildman–Crippen MR) is 98.0 cm³/mol. The Bertz CT molecular complexity index is 763. The third-order valence-corrected chi connectivity index (χ3v) is 6.43. The Kier molecular flexibility index (Phi) is 5.80. The first-order chi connectivity index (χ1) is 11.3. The van der Waals surface area contributed by atoms with Crippen molar-refractivity contribution >= 4 is 10.0 Å². The molecule has 0 bridgehead atoms. The number of hydrogen-bond donors (Lipinski definition) is 2. The van der Waals surface area contributed by atoms with Gasteiger partial charge in [0.2, 0.25) is 10.0 Å². The molecule has 0 saturated heterocycles. The summed E-state index contributed by atoms with van der Waals surface area (Å²) in [6.45, 7) is 5.84. The number of aliphatic hydroxyl groups is 1. The van der Waals surface area contributed by atoms with Crippen molar-refractivity contribution < 1.29 is 13.5 Å². The van der Waals surface area contributed by atoms with E-state index in [0.717, 1.165) is 28.7 Å². The molecular weight excluding hydrogens is 322 g/mol. The number of aliphatic hydroxyl groups excluding tert-OH is 1. The highest BCUT2D eigenvalue weighted by molar-refractivity contribution is 7.90. The number of hydrogen-bond acceptors (Lipinski definition) is 3. The number of nitrogens with one attached hydrogen (secondary N) is 1. The Hall–Kier alpha value is -1.69. The molecule has 0 unspecified atom stereocenters. The average molecular weight is 347 g/mol. The predicted octanol–water partition coefficient (Wildman–Crippen LogP) is 3.41. The fourth-order valence-corrected chi connectivity index (χ4v) is 3.72. The van der Waals surface area contributed by atoms with Crippen LogP contribution < -0.4 is 4.72 Å². The Labute approximate surface area is 144 Å². The standard InChI is InChI=1S/C19H25NO3S/c1-4-13-20-24(22,23)19(2,3)18-11-9-17(10-12-18)16-7-5-15(14-21)6-8-16/h5-12,20-21H,4,13-14H2,1-3H3. The maximum absolute atomic E-state index is 12.5. The second-order valence-electron chi connectivity index (χ2n) is 6.34. The molecule has 2 aromatic carbocycles. The monoisotopic (exact) mass is 347 g/mol. The van der Waals surface area contributed by atoms with Gasteiger partial charge < -0.3 is 5.11 Å². The molecule has 0 aliphatic rings. The van der Waals surface area contributed by atoms with Gasteiger partial charge in [0.25, 0.3) is 0 Å². The van der Waals surface area contributed by atoms with E-state index in [-0.39, 0.29) is 6.61 Å². The number of benzene rings is 2. The van der Waals surface area contributed by atoms with Crippen LogP contribution in [0.15, 0.2) is 48.5 Å². The van der Waals surface area contributed by atoms with E-state index >= 15 is 0 Å². The minimum absolute atomic E-state index is 0.0238. The van der Waals surface area contributed by atoms with Crippen LogP contribution in [0.3, 0.4) is 0 Å². The van der Waals surface area contributed by atoms with Crippen LogP contribution in [0.5, 0.6) is 0 Å². The molecule has 24 heavy (non-hydrogen) atoms. The van der Waals surface area contributed by atoms with Crippen molar-refractivity contribution in [1.29, 1.82) is 0 Å². The lowest BCUT2D eigenvalue weighted by atomic mass is 9.98. The molecule has 0 aromatic heterocycles. The minimum Gasteiger partial charge on any atom is -0.392 e. The van der Waals surface area contributed by atoms with Crippen LogP contribution in [0, 0.1) is 0 Å². The van der Waals surface area contributed by atoms with Gasteiger partial charge in [0.1, 0.15) is 4.75 Å². The van der Waals surface area contributed by atoms with Crippen molar-refractivity contribution in [2.24, 2.45) is 0 Å². The largest absolute Gasteiger partial charge is 0.392 e. The summed E-state index contributed by atoms with van der Waals surface area (Å²) in [7, 11) is -3.44. The van der Waals surface area contributed by atoms with Crippen molar-refractivity contribution in [3.8, 4) is 11.1 Å². The van der Waals surface area contributed by atoms with Gasteiger partial charge in [0.15, 0.2) is 0 Å². The molecule has 0 aliphatic heterocycles. The third kappa shape index (κ3) is 3.86. The zero-order valence-corrected chi connectivity index (χ0v) is 15.2. The zero-order valence-electron chi connectivity index (χ0n) is 14.4. The van der Waals surface area contributed by atoms with E-state index in [1.165, 1.54) is 0 Å². The van der Waals surface area contributed by atoms with Gasteiger partial charge in [-0.05, 0) is 42.5 Å². The Morgan fingerprint density at radius 2 is 1.46 bits per heavy atom. The Balaban J connectivity index is 2.27. The molecule has 0 amide bonds. The smallest absolute Gasteiger partial charge is 0.221 e. The summed E-state index contributed by atoms with van der Waals surface area (Å²) in [5, 5.41) is 9.10. The molecule has 0 radical (unpaired) electrons. The lowest BCUT2D eigenvalue weighted by molar-refractivity contribution is 0.282. The summed E-state index contributed by atoms with van der Waals surface area (Å²) >= 11 is 0. The van der Waals surface area contributed by atoms with Crippen LogP contribution in [-0.4, -0.2) is 20.1 Å². The Morgan fingerprint density at radius 1 is 0.958 bits per heavy atom. The van der Waals surface area contributed by atoms with Crippen molar-refractivity contribution in [2.75, 3.05) is 6.54 Å². The summed E-state index contributed by atoms with van der Waals surface area (Å²) in [5.41, 5.74) is 3.66. The van der Waals surface area contributed by atoms with Gasteiger partial charge in [0, 0.05) is 6.54 Å². The second kappa shape index (κ2) is 7.47. The van der Waals surface area contributed by atoms with Crippen molar-refractivity contribution in [3.63, 3.8) is 0 Å². The molecule has 130 valence electrons. The summed E-state index contributed by atoms with van der Waals surface area (Å²) in [6, 6.07) is 15.2. The van der Waals surface area contributed by atoms with E-state index in [0.29, 0.717) is 6.54 Å². The van der Waals surface area contributed by atoms with Crippen LogP contribution >= 0.6 is 0 Å². The van der Waals surface area contributed by atoms with E-state index in [2.05, 4.69) is 4.72 Å². The normalized spacial score (nSPS) is 12.3. The first-order valence-corrected chi connectivity index (χ1v) is 9.60. The molecule has 0 aliphatic carbocycles. The molecule has 2 N–H and O–H groups in total.